The maximum absolute atomic E-state index is 11.6. The molecule has 8 nitrogen and oxygen atoms in total. The molecule has 0 bridgehead atoms. The van der Waals surface area contributed by atoms with Crippen LogP contribution in [0.2, 0.25) is 0 Å². The summed E-state index contributed by atoms with van der Waals surface area (Å²) in [4.78, 5) is 33.8. The lowest BCUT2D eigenvalue weighted by molar-refractivity contribution is -0.130. The highest BCUT2D eigenvalue weighted by Crippen LogP contribution is 2.21. The van der Waals surface area contributed by atoms with Gasteiger partial charge < -0.3 is 15.8 Å². The van der Waals surface area contributed by atoms with Gasteiger partial charge in [-0.2, -0.15) is 0 Å². The molecule has 0 radical (unpaired) electrons. The van der Waals surface area contributed by atoms with Crippen molar-refractivity contribution in [3.8, 4) is 5.75 Å². The number of urea groups is 1. The lowest BCUT2D eigenvalue weighted by Gasteiger charge is -2.14. The van der Waals surface area contributed by atoms with Crippen LogP contribution in [0.5, 0.6) is 5.75 Å². The smallest absolute Gasteiger partial charge is 0.312 e. The number of nitrogens with two attached hydrogens (primary N) is 1. The monoisotopic (exact) mass is 308 g/mol. The van der Waals surface area contributed by atoms with E-state index in [1.807, 2.05) is 32.0 Å². The molecule has 22 heavy (non-hydrogen) atoms. The van der Waals surface area contributed by atoms with Gasteiger partial charge in [-0.25, -0.2) is 4.79 Å². The molecule has 1 aromatic rings. The quantitative estimate of drug-likeness (QED) is 0.567. The second-order valence-electron chi connectivity index (χ2n) is 4.78. The number of amides is 4. The Bertz CT molecular complexity index is 554. The molecule has 0 heterocycles. The van der Waals surface area contributed by atoms with Crippen LogP contribution in [0.3, 0.4) is 0 Å². The summed E-state index contributed by atoms with van der Waals surface area (Å²) in [6.07, 6.45) is 0. The Morgan fingerprint density at radius 2 is 1.77 bits per heavy atom. The molecular weight excluding hydrogens is 288 g/mol. The van der Waals surface area contributed by atoms with Crippen molar-refractivity contribution in [2.45, 2.75) is 26.8 Å². The third-order valence-corrected chi connectivity index (χ3v) is 2.83. The number of aryl methyl sites for hydroxylation is 2. The molecule has 1 rings (SSSR count). The summed E-state index contributed by atoms with van der Waals surface area (Å²) >= 11 is 0. The van der Waals surface area contributed by atoms with Crippen molar-refractivity contribution < 1.29 is 19.1 Å². The second kappa shape index (κ2) is 7.87. The predicted octanol–water partition coefficient (Wildman–Crippen LogP) is -0.114. The van der Waals surface area contributed by atoms with Gasteiger partial charge in [-0.15, -0.1) is 0 Å². The molecule has 1 aromatic carbocycles. The summed E-state index contributed by atoms with van der Waals surface area (Å²) in [7, 11) is 0. The molecule has 0 spiro atoms. The first kappa shape index (κ1) is 17.3. The van der Waals surface area contributed by atoms with E-state index < -0.39 is 23.9 Å². The Kier molecular flexibility index (Phi) is 6.18. The fourth-order valence-electron chi connectivity index (χ4n) is 1.72. The largest absolute Gasteiger partial charge is 0.483 e. The number of hydrazine groups is 1. The lowest BCUT2D eigenvalue weighted by Crippen LogP contribution is -2.52. The van der Waals surface area contributed by atoms with E-state index in [1.54, 1.807) is 0 Å². The fraction of sp³-hybridized carbons (Fsp3) is 0.357. The highest BCUT2D eigenvalue weighted by molar-refractivity contribution is 5.88. The van der Waals surface area contributed by atoms with E-state index in [9.17, 15) is 14.4 Å². The van der Waals surface area contributed by atoms with Crippen molar-refractivity contribution in [1.82, 2.24) is 16.2 Å². The first-order valence-corrected chi connectivity index (χ1v) is 6.65. The van der Waals surface area contributed by atoms with Crippen molar-refractivity contribution in [2.24, 2.45) is 5.73 Å². The van der Waals surface area contributed by atoms with Gasteiger partial charge in [0.2, 0.25) is 0 Å². The molecule has 0 aliphatic heterocycles. The third kappa shape index (κ3) is 5.31. The molecule has 0 aromatic heterocycles. The Labute approximate surface area is 128 Å². The van der Waals surface area contributed by atoms with Crippen LogP contribution in [0, 0.1) is 13.8 Å². The number of ether oxygens (including phenoxy) is 1. The van der Waals surface area contributed by atoms with Crippen molar-refractivity contribution in [3.63, 3.8) is 0 Å². The maximum Gasteiger partial charge on any atom is 0.312 e. The summed E-state index contributed by atoms with van der Waals surface area (Å²) in [5.41, 5.74) is 11.1. The zero-order valence-electron chi connectivity index (χ0n) is 12.7. The Balaban J connectivity index is 2.41. The number of benzene rings is 1. The standard InChI is InChI=1S/C14H20N4O4/c1-8-5-4-6-9(2)12(8)22-7-11(19)17-18-13(20)10(3)16-14(15)21/h4-6,10H,7H2,1-3H3,(H,17,19)(H,18,20)(H3,15,16,21). The maximum atomic E-state index is 11.6. The van der Waals surface area contributed by atoms with Crippen LogP contribution < -0.4 is 26.6 Å². The first-order chi connectivity index (χ1) is 10.3. The molecule has 120 valence electrons. The van der Waals surface area contributed by atoms with Crippen LogP contribution in [0.1, 0.15) is 18.1 Å². The van der Waals surface area contributed by atoms with E-state index in [1.165, 1.54) is 6.92 Å². The van der Waals surface area contributed by atoms with E-state index >= 15 is 0 Å². The molecule has 0 saturated carbocycles. The van der Waals surface area contributed by atoms with Gasteiger partial charge in [0, 0.05) is 0 Å². The van der Waals surface area contributed by atoms with E-state index in [-0.39, 0.29) is 6.61 Å². The topological polar surface area (TPSA) is 123 Å². The molecule has 5 N–H and O–H groups in total. The predicted molar refractivity (Wildman–Crippen MR) is 79.9 cm³/mol. The zero-order chi connectivity index (χ0) is 16.7. The van der Waals surface area contributed by atoms with Gasteiger partial charge >= 0.3 is 6.03 Å². The average Bonchev–Trinajstić information content (AvgIpc) is 2.43. The Hall–Kier alpha value is -2.77. The van der Waals surface area contributed by atoms with Crippen LogP contribution in [0.4, 0.5) is 4.79 Å². The highest BCUT2D eigenvalue weighted by Gasteiger charge is 2.15. The van der Waals surface area contributed by atoms with Gasteiger partial charge in [0.25, 0.3) is 11.8 Å². The van der Waals surface area contributed by atoms with Gasteiger partial charge in [0.05, 0.1) is 0 Å². The highest BCUT2D eigenvalue weighted by atomic mass is 16.5. The van der Waals surface area contributed by atoms with E-state index in [0.29, 0.717) is 5.75 Å². The lowest BCUT2D eigenvalue weighted by atomic mass is 10.1. The average molecular weight is 308 g/mol. The van der Waals surface area contributed by atoms with Crippen molar-refractivity contribution in [3.05, 3.63) is 29.3 Å². The van der Waals surface area contributed by atoms with Gasteiger partial charge in [-0.1, -0.05) is 18.2 Å². The number of hydrogen-bond acceptors (Lipinski definition) is 4. The molecule has 0 fully saturated rings. The molecule has 0 aliphatic rings. The molecule has 4 amide bonds. The number of primary amides is 1. The summed E-state index contributed by atoms with van der Waals surface area (Å²) in [6, 6.07) is 3.95. The zero-order valence-corrected chi connectivity index (χ0v) is 12.7. The number of rotatable bonds is 5. The number of carbonyl (C=O) groups excluding carboxylic acids is 3. The van der Waals surface area contributed by atoms with Crippen LogP contribution in [-0.2, 0) is 9.59 Å². The minimum atomic E-state index is -0.864. The van der Waals surface area contributed by atoms with Crippen LogP contribution in [0.15, 0.2) is 18.2 Å². The van der Waals surface area contributed by atoms with Crippen molar-refractivity contribution in [1.29, 1.82) is 0 Å². The Morgan fingerprint density at radius 3 is 2.32 bits per heavy atom. The first-order valence-electron chi connectivity index (χ1n) is 6.65. The molecule has 8 heteroatoms. The number of para-hydroxylation sites is 1. The fourth-order valence-corrected chi connectivity index (χ4v) is 1.72. The molecular formula is C14H20N4O4. The number of nitrogens with one attached hydrogen (secondary N) is 3. The van der Waals surface area contributed by atoms with Crippen LogP contribution >= 0.6 is 0 Å². The summed E-state index contributed by atoms with van der Waals surface area (Å²) in [5.74, 6) is -0.491. The van der Waals surface area contributed by atoms with Gasteiger partial charge in [-0.3, -0.25) is 20.4 Å². The van der Waals surface area contributed by atoms with Gasteiger partial charge in [0.1, 0.15) is 11.8 Å². The second-order valence-corrected chi connectivity index (χ2v) is 4.78. The minimum Gasteiger partial charge on any atom is -0.483 e. The van der Waals surface area contributed by atoms with Crippen molar-refractivity contribution in [2.75, 3.05) is 6.61 Å². The van der Waals surface area contributed by atoms with E-state index in [4.69, 9.17) is 10.5 Å². The normalized spacial score (nSPS) is 11.2. The SMILES string of the molecule is Cc1cccc(C)c1OCC(=O)NNC(=O)C(C)NC(N)=O. The van der Waals surface area contributed by atoms with Gasteiger partial charge in [0.15, 0.2) is 6.61 Å². The summed E-state index contributed by atoms with van der Waals surface area (Å²) in [5, 5.41) is 2.18. The van der Waals surface area contributed by atoms with Crippen molar-refractivity contribution >= 4 is 17.8 Å². The molecule has 0 saturated heterocycles. The molecule has 1 unspecified atom stereocenters. The Morgan fingerprint density at radius 1 is 1.18 bits per heavy atom. The number of carbonyl (C=O) groups is 3. The van der Waals surface area contributed by atoms with E-state index in [0.717, 1.165) is 11.1 Å². The minimum absolute atomic E-state index is 0.246. The van der Waals surface area contributed by atoms with Crippen LogP contribution in [-0.4, -0.2) is 30.5 Å². The third-order valence-electron chi connectivity index (χ3n) is 2.83. The molecule has 0 aliphatic carbocycles. The number of hydrogen-bond donors (Lipinski definition) is 4. The van der Waals surface area contributed by atoms with E-state index in [2.05, 4.69) is 16.2 Å². The van der Waals surface area contributed by atoms with Gasteiger partial charge in [-0.05, 0) is 31.9 Å². The molecule has 1 atom stereocenters. The van der Waals surface area contributed by atoms with Crippen LogP contribution in [0.25, 0.3) is 0 Å². The summed E-state index contributed by atoms with van der Waals surface area (Å²) < 4.78 is 5.43. The summed E-state index contributed by atoms with van der Waals surface area (Å²) in [6.45, 7) is 4.93.